The molecule has 0 aliphatic carbocycles. The first-order valence-corrected chi connectivity index (χ1v) is 7.81. The maximum Gasteiger partial charge on any atom is 0.261 e. The van der Waals surface area contributed by atoms with Crippen molar-refractivity contribution in [2.45, 2.75) is 11.8 Å². The summed E-state index contributed by atoms with van der Waals surface area (Å²) >= 11 is 0. The third kappa shape index (κ3) is 3.20. The van der Waals surface area contributed by atoms with Gasteiger partial charge in [-0.15, -0.1) is 0 Å². The van der Waals surface area contributed by atoms with E-state index in [1.54, 1.807) is 6.92 Å². The Morgan fingerprint density at radius 2 is 1.86 bits per heavy atom. The van der Waals surface area contributed by atoms with Gasteiger partial charge < -0.3 is 14.6 Å². The van der Waals surface area contributed by atoms with Gasteiger partial charge in [-0.2, -0.15) is 0 Å². The first kappa shape index (κ1) is 15.8. The molecule has 0 saturated carbocycles. The van der Waals surface area contributed by atoms with Gasteiger partial charge in [0, 0.05) is 5.56 Å². The first-order valence-electron chi connectivity index (χ1n) is 6.33. The minimum atomic E-state index is -3.91. The number of carboxylic acid groups (broad SMARTS) is 1. The molecular formula is C15H14NO5S-. The molecule has 22 heavy (non-hydrogen) atoms. The first-order chi connectivity index (χ1) is 10.3. The predicted molar refractivity (Wildman–Crippen MR) is 79.3 cm³/mol. The van der Waals surface area contributed by atoms with Crippen LogP contribution in [0.25, 0.3) is 0 Å². The fraction of sp³-hybridized carbons (Fsp3) is 0.133. The molecule has 0 fully saturated rings. The third-order valence-electron chi connectivity index (χ3n) is 3.07. The minimum Gasteiger partial charge on any atom is -0.545 e. The molecule has 2 aromatic carbocycles. The SMILES string of the molecule is COc1ccc(S(=O)(=O)Nc2ccccc2C(=O)[O-])cc1C. The smallest absolute Gasteiger partial charge is 0.261 e. The Bertz CT molecular complexity index is 814. The fourth-order valence-corrected chi connectivity index (χ4v) is 3.14. The number of para-hydroxylation sites is 1. The normalized spacial score (nSPS) is 11.0. The van der Waals surface area contributed by atoms with Gasteiger partial charge in [-0.1, -0.05) is 18.2 Å². The molecule has 0 heterocycles. The molecule has 0 spiro atoms. The van der Waals surface area contributed by atoms with Gasteiger partial charge in [0.15, 0.2) is 0 Å². The maximum absolute atomic E-state index is 12.4. The number of carbonyl (C=O) groups is 1. The number of sulfonamides is 1. The number of hydrogen-bond donors (Lipinski definition) is 1. The van der Waals surface area contributed by atoms with Crippen LogP contribution in [-0.2, 0) is 10.0 Å². The molecule has 116 valence electrons. The Morgan fingerprint density at radius 1 is 1.18 bits per heavy atom. The zero-order valence-electron chi connectivity index (χ0n) is 12.0. The van der Waals surface area contributed by atoms with E-state index in [1.165, 1.54) is 49.6 Å². The van der Waals surface area contributed by atoms with Crippen LogP contribution in [0.3, 0.4) is 0 Å². The Balaban J connectivity index is 2.40. The largest absolute Gasteiger partial charge is 0.545 e. The molecular weight excluding hydrogens is 306 g/mol. The lowest BCUT2D eigenvalue weighted by Gasteiger charge is -2.14. The summed E-state index contributed by atoms with van der Waals surface area (Å²) in [5, 5.41) is 11.0. The van der Waals surface area contributed by atoms with Crippen LogP contribution in [-0.4, -0.2) is 21.5 Å². The minimum absolute atomic E-state index is 0.0129. The molecule has 0 saturated heterocycles. The summed E-state index contributed by atoms with van der Waals surface area (Å²) in [4.78, 5) is 11.0. The van der Waals surface area contributed by atoms with Gasteiger partial charge in [0.25, 0.3) is 10.0 Å². The Kier molecular flexibility index (Phi) is 4.37. The molecule has 0 radical (unpaired) electrons. The highest BCUT2D eigenvalue weighted by molar-refractivity contribution is 7.92. The standard InChI is InChI=1S/C15H15NO5S/c1-10-9-11(7-8-14(10)21-2)22(19,20)16-13-6-4-3-5-12(13)15(17)18/h3-9,16H,1-2H3,(H,17,18)/p-1. The number of aryl methyl sites for hydroxylation is 1. The van der Waals surface area contributed by atoms with Crippen LogP contribution in [0.5, 0.6) is 5.75 Å². The van der Waals surface area contributed by atoms with Crippen LogP contribution < -0.4 is 14.6 Å². The summed E-state index contributed by atoms with van der Waals surface area (Å²) in [5.74, 6) is -0.890. The van der Waals surface area contributed by atoms with Gasteiger partial charge in [-0.25, -0.2) is 8.42 Å². The van der Waals surface area contributed by atoms with Crippen molar-refractivity contribution in [2.75, 3.05) is 11.8 Å². The fourth-order valence-electron chi connectivity index (χ4n) is 1.97. The van der Waals surface area contributed by atoms with Gasteiger partial charge in [0.2, 0.25) is 0 Å². The summed E-state index contributed by atoms with van der Waals surface area (Å²) < 4.78 is 32.1. The van der Waals surface area contributed by atoms with E-state index < -0.39 is 16.0 Å². The van der Waals surface area contributed by atoms with Crippen LogP contribution >= 0.6 is 0 Å². The van der Waals surface area contributed by atoms with Crippen LogP contribution in [0.4, 0.5) is 5.69 Å². The molecule has 2 rings (SSSR count). The van der Waals surface area contributed by atoms with Gasteiger partial charge in [0.1, 0.15) is 5.75 Å². The zero-order chi connectivity index (χ0) is 16.3. The number of carbonyl (C=O) groups excluding carboxylic acids is 1. The van der Waals surface area contributed by atoms with Crippen LogP contribution in [0.2, 0.25) is 0 Å². The molecule has 7 heteroatoms. The topological polar surface area (TPSA) is 95.5 Å². The van der Waals surface area contributed by atoms with Crippen molar-refractivity contribution in [3.63, 3.8) is 0 Å². The number of aromatic carboxylic acids is 1. The zero-order valence-corrected chi connectivity index (χ0v) is 12.8. The number of rotatable bonds is 5. The van der Waals surface area contributed by atoms with Gasteiger partial charge in [-0.05, 0) is 36.8 Å². The van der Waals surface area contributed by atoms with Crippen LogP contribution in [0, 0.1) is 6.92 Å². The number of carboxylic acids is 1. The van der Waals surface area contributed by atoms with Crippen molar-refractivity contribution < 1.29 is 23.1 Å². The van der Waals surface area contributed by atoms with E-state index in [1.807, 2.05) is 0 Å². The van der Waals surface area contributed by atoms with E-state index in [4.69, 9.17) is 4.74 Å². The highest BCUT2D eigenvalue weighted by Crippen LogP contribution is 2.24. The lowest BCUT2D eigenvalue weighted by Crippen LogP contribution is -2.24. The van der Waals surface area contributed by atoms with Crippen LogP contribution in [0.1, 0.15) is 15.9 Å². The quantitative estimate of drug-likeness (QED) is 0.892. The molecule has 2 aromatic rings. The summed E-state index contributed by atoms with van der Waals surface area (Å²) in [6.45, 7) is 1.72. The summed E-state index contributed by atoms with van der Waals surface area (Å²) in [7, 11) is -2.42. The van der Waals surface area contributed by atoms with E-state index in [0.717, 1.165) is 0 Å². The Labute approximate surface area is 128 Å². The van der Waals surface area contributed by atoms with E-state index in [9.17, 15) is 18.3 Å². The number of methoxy groups -OCH3 is 1. The monoisotopic (exact) mass is 320 g/mol. The van der Waals surface area contributed by atoms with Crippen molar-refractivity contribution in [1.29, 1.82) is 0 Å². The van der Waals surface area contributed by atoms with Crippen molar-refractivity contribution in [3.05, 3.63) is 53.6 Å². The second kappa shape index (κ2) is 6.07. The summed E-state index contributed by atoms with van der Waals surface area (Å²) in [5.41, 5.74) is 0.380. The molecule has 0 aromatic heterocycles. The van der Waals surface area contributed by atoms with Crippen molar-refractivity contribution in [3.8, 4) is 5.75 Å². The molecule has 1 N–H and O–H groups in total. The van der Waals surface area contributed by atoms with Crippen molar-refractivity contribution >= 4 is 21.7 Å². The van der Waals surface area contributed by atoms with E-state index in [-0.39, 0.29) is 16.1 Å². The molecule has 0 unspecified atom stereocenters. The molecule has 0 aliphatic rings. The molecule has 6 nitrogen and oxygen atoms in total. The van der Waals surface area contributed by atoms with Gasteiger partial charge in [0.05, 0.1) is 23.7 Å². The third-order valence-corrected chi connectivity index (χ3v) is 4.43. The van der Waals surface area contributed by atoms with Gasteiger partial charge in [-0.3, -0.25) is 4.72 Å². The molecule has 0 amide bonds. The average Bonchev–Trinajstić information content (AvgIpc) is 2.47. The van der Waals surface area contributed by atoms with Crippen molar-refractivity contribution in [1.82, 2.24) is 0 Å². The van der Waals surface area contributed by atoms with Crippen LogP contribution in [0.15, 0.2) is 47.4 Å². The van der Waals surface area contributed by atoms with Gasteiger partial charge >= 0.3 is 0 Å². The lowest BCUT2D eigenvalue weighted by atomic mass is 10.2. The number of benzene rings is 2. The second-order valence-electron chi connectivity index (χ2n) is 4.57. The molecule has 0 bridgehead atoms. The second-order valence-corrected chi connectivity index (χ2v) is 6.25. The highest BCUT2D eigenvalue weighted by Gasteiger charge is 2.17. The average molecular weight is 320 g/mol. The lowest BCUT2D eigenvalue weighted by molar-refractivity contribution is -0.254. The number of hydrogen-bond acceptors (Lipinski definition) is 5. The Hall–Kier alpha value is -2.54. The number of nitrogens with one attached hydrogen (secondary N) is 1. The molecule has 0 atom stereocenters. The number of anilines is 1. The predicted octanol–water partition coefficient (Wildman–Crippen LogP) is 1.17. The van der Waals surface area contributed by atoms with E-state index >= 15 is 0 Å². The van der Waals surface area contributed by atoms with E-state index in [2.05, 4.69) is 4.72 Å². The Morgan fingerprint density at radius 3 is 2.45 bits per heavy atom. The number of ether oxygens (including phenoxy) is 1. The molecule has 0 aliphatic heterocycles. The summed E-state index contributed by atoms with van der Waals surface area (Å²) in [6.07, 6.45) is 0. The summed E-state index contributed by atoms with van der Waals surface area (Å²) in [6, 6.07) is 10.0. The highest BCUT2D eigenvalue weighted by atomic mass is 32.2. The maximum atomic E-state index is 12.4. The van der Waals surface area contributed by atoms with E-state index in [0.29, 0.717) is 11.3 Å². The van der Waals surface area contributed by atoms with Crippen molar-refractivity contribution in [2.24, 2.45) is 0 Å².